The van der Waals surface area contributed by atoms with Gasteiger partial charge in [0.2, 0.25) is 10.0 Å². The summed E-state index contributed by atoms with van der Waals surface area (Å²) in [5.41, 5.74) is 0.166. The summed E-state index contributed by atoms with van der Waals surface area (Å²) < 4.78 is 27.8. The predicted molar refractivity (Wildman–Crippen MR) is 120 cm³/mol. The molecule has 2 aliphatic rings. The van der Waals surface area contributed by atoms with Crippen molar-refractivity contribution in [3.8, 4) is 0 Å². The molecular weight excluding hydrogens is 422 g/mol. The van der Waals surface area contributed by atoms with Crippen molar-refractivity contribution in [1.29, 1.82) is 0 Å². The van der Waals surface area contributed by atoms with E-state index in [0.717, 1.165) is 25.9 Å². The van der Waals surface area contributed by atoms with Gasteiger partial charge in [0.15, 0.2) is 0 Å². The van der Waals surface area contributed by atoms with Crippen molar-refractivity contribution in [2.24, 2.45) is 5.92 Å². The number of amides is 1. The number of hydrogen-bond acceptors (Lipinski definition) is 4. The van der Waals surface area contributed by atoms with Crippen molar-refractivity contribution in [1.82, 2.24) is 14.5 Å². The maximum atomic E-state index is 13.2. The largest absolute Gasteiger partial charge is 0.350 e. The van der Waals surface area contributed by atoms with Crippen molar-refractivity contribution < 1.29 is 13.2 Å². The van der Waals surface area contributed by atoms with Crippen LogP contribution in [-0.2, 0) is 10.0 Å². The molecule has 0 aliphatic carbocycles. The first-order valence-corrected chi connectivity index (χ1v) is 12.8. The number of carbonyl (C=O) groups excluding carboxylic acids is 1. The summed E-state index contributed by atoms with van der Waals surface area (Å²) in [6.45, 7) is 9.88. The maximum Gasteiger partial charge on any atom is 0.251 e. The molecule has 2 heterocycles. The Kier molecular flexibility index (Phi) is 7.49. The zero-order valence-electron chi connectivity index (χ0n) is 18.3. The molecule has 0 spiro atoms. The van der Waals surface area contributed by atoms with Gasteiger partial charge in [0.05, 0.1) is 5.02 Å². The van der Waals surface area contributed by atoms with Crippen molar-refractivity contribution >= 4 is 27.5 Å². The Bertz CT molecular complexity index is 866. The molecule has 30 heavy (non-hydrogen) atoms. The zero-order valence-corrected chi connectivity index (χ0v) is 19.9. The third kappa shape index (κ3) is 5.36. The molecule has 0 aromatic heterocycles. The molecule has 8 heteroatoms. The Hall–Kier alpha value is -1.15. The summed E-state index contributed by atoms with van der Waals surface area (Å²) in [4.78, 5) is 15.2. The number of rotatable bonds is 6. The van der Waals surface area contributed by atoms with Crippen LogP contribution in [-0.4, -0.2) is 61.8 Å². The van der Waals surface area contributed by atoms with Gasteiger partial charge < -0.3 is 5.32 Å². The van der Waals surface area contributed by atoms with Crippen LogP contribution in [0, 0.1) is 5.92 Å². The maximum absolute atomic E-state index is 13.2. The monoisotopic (exact) mass is 455 g/mol. The normalized spacial score (nSPS) is 22.1. The second kappa shape index (κ2) is 9.55. The van der Waals surface area contributed by atoms with E-state index in [2.05, 4.69) is 31.0 Å². The highest BCUT2D eigenvalue weighted by Gasteiger charge is 2.32. The van der Waals surface area contributed by atoms with E-state index in [1.54, 1.807) is 6.07 Å². The summed E-state index contributed by atoms with van der Waals surface area (Å²) in [6.07, 6.45) is 5.49. The molecule has 1 aromatic rings. The van der Waals surface area contributed by atoms with Crippen LogP contribution in [0.5, 0.6) is 0 Å². The topological polar surface area (TPSA) is 69.7 Å². The summed E-state index contributed by atoms with van der Waals surface area (Å²) in [7, 11) is -3.73. The van der Waals surface area contributed by atoms with E-state index < -0.39 is 10.0 Å². The highest BCUT2D eigenvalue weighted by molar-refractivity contribution is 7.89. The molecule has 3 rings (SSSR count). The molecule has 6 nitrogen and oxygen atoms in total. The third-order valence-corrected chi connectivity index (χ3v) is 8.67. The van der Waals surface area contributed by atoms with E-state index in [9.17, 15) is 13.2 Å². The standard InChI is InChI=1S/C22H34ClN3O3S/c1-17-8-7-13-26(15-17)30(28,29)20-14-18(9-10-19(20)23)21(27)24-16-22(2,3)25-11-5-4-6-12-25/h9-10,14,17H,4-8,11-13,15-16H2,1-3H3,(H,24,27)/t17-/m0/s1. The second-order valence-corrected chi connectivity index (χ2v) is 11.6. The highest BCUT2D eigenvalue weighted by Crippen LogP contribution is 2.29. The van der Waals surface area contributed by atoms with Gasteiger partial charge in [0.1, 0.15) is 4.90 Å². The van der Waals surface area contributed by atoms with E-state index in [1.807, 2.05) is 0 Å². The number of halogens is 1. The van der Waals surface area contributed by atoms with Crippen molar-refractivity contribution in [2.75, 3.05) is 32.7 Å². The molecule has 2 fully saturated rings. The Labute approximate surface area is 186 Å². The van der Waals surface area contributed by atoms with Crippen molar-refractivity contribution in [3.05, 3.63) is 28.8 Å². The summed E-state index contributed by atoms with van der Waals surface area (Å²) >= 11 is 6.25. The number of piperidine rings is 2. The number of likely N-dealkylation sites (tertiary alicyclic amines) is 1. The average Bonchev–Trinajstić information content (AvgIpc) is 2.73. The van der Waals surface area contributed by atoms with E-state index in [1.165, 1.54) is 35.7 Å². The summed E-state index contributed by atoms with van der Waals surface area (Å²) in [6, 6.07) is 4.51. The Morgan fingerprint density at radius 3 is 2.53 bits per heavy atom. The first kappa shape index (κ1) is 23.5. The molecule has 2 aliphatic heterocycles. The number of carbonyl (C=O) groups is 1. The lowest BCUT2D eigenvalue weighted by Gasteiger charge is -2.41. The molecule has 0 bridgehead atoms. The minimum atomic E-state index is -3.73. The first-order chi connectivity index (χ1) is 14.1. The van der Waals surface area contributed by atoms with Gasteiger partial charge in [-0.25, -0.2) is 8.42 Å². The molecule has 2 saturated heterocycles. The van der Waals surface area contributed by atoms with Crippen LogP contribution in [0.4, 0.5) is 0 Å². The van der Waals surface area contributed by atoms with Crippen LogP contribution in [0.1, 0.15) is 63.2 Å². The Morgan fingerprint density at radius 2 is 1.87 bits per heavy atom. The molecular formula is C22H34ClN3O3S. The average molecular weight is 456 g/mol. The van der Waals surface area contributed by atoms with Crippen LogP contribution in [0.15, 0.2) is 23.1 Å². The molecule has 0 saturated carbocycles. The number of sulfonamides is 1. The second-order valence-electron chi connectivity index (χ2n) is 9.30. The van der Waals surface area contributed by atoms with Gasteiger partial charge in [-0.2, -0.15) is 4.31 Å². The van der Waals surface area contributed by atoms with Gasteiger partial charge in [0.25, 0.3) is 5.91 Å². The minimum absolute atomic E-state index is 0.0150. The quantitative estimate of drug-likeness (QED) is 0.709. The van der Waals surface area contributed by atoms with Crippen LogP contribution in [0.25, 0.3) is 0 Å². The van der Waals surface area contributed by atoms with Crippen molar-refractivity contribution in [3.63, 3.8) is 0 Å². The lowest BCUT2D eigenvalue weighted by atomic mass is 9.98. The first-order valence-electron chi connectivity index (χ1n) is 10.9. The molecule has 1 aromatic carbocycles. The Balaban J connectivity index is 1.73. The fourth-order valence-corrected chi connectivity index (χ4v) is 6.45. The van der Waals surface area contributed by atoms with Gasteiger partial charge in [-0.1, -0.05) is 24.9 Å². The smallest absolute Gasteiger partial charge is 0.251 e. The van der Waals surface area contributed by atoms with Crippen LogP contribution >= 0.6 is 11.6 Å². The lowest BCUT2D eigenvalue weighted by Crippen LogP contribution is -2.53. The van der Waals surface area contributed by atoms with Gasteiger partial charge in [-0.3, -0.25) is 9.69 Å². The van der Waals surface area contributed by atoms with E-state index in [0.29, 0.717) is 31.1 Å². The lowest BCUT2D eigenvalue weighted by molar-refractivity contribution is 0.0797. The van der Waals surface area contributed by atoms with Crippen molar-refractivity contribution in [2.45, 2.75) is 63.3 Å². The molecule has 1 amide bonds. The number of benzene rings is 1. The van der Waals surface area contributed by atoms with Gasteiger partial charge in [0, 0.05) is 30.7 Å². The van der Waals surface area contributed by atoms with Crippen LogP contribution < -0.4 is 5.32 Å². The number of nitrogens with zero attached hydrogens (tertiary/aromatic N) is 2. The zero-order chi connectivity index (χ0) is 21.9. The van der Waals surface area contributed by atoms with E-state index in [-0.39, 0.29) is 21.4 Å². The fraction of sp³-hybridized carbons (Fsp3) is 0.682. The number of hydrogen-bond donors (Lipinski definition) is 1. The molecule has 1 atom stereocenters. The van der Waals surface area contributed by atoms with Crippen LogP contribution in [0.2, 0.25) is 5.02 Å². The van der Waals surface area contributed by atoms with E-state index >= 15 is 0 Å². The van der Waals surface area contributed by atoms with Gasteiger partial charge in [-0.05, 0) is 76.7 Å². The summed E-state index contributed by atoms with van der Waals surface area (Å²) in [5, 5.41) is 3.14. The predicted octanol–water partition coefficient (Wildman–Crippen LogP) is 3.75. The number of nitrogens with one attached hydrogen (secondary N) is 1. The fourth-order valence-electron chi connectivity index (χ4n) is 4.36. The third-order valence-electron chi connectivity index (χ3n) is 6.32. The van der Waals surface area contributed by atoms with E-state index in [4.69, 9.17) is 11.6 Å². The van der Waals surface area contributed by atoms with Gasteiger partial charge >= 0.3 is 0 Å². The molecule has 1 N–H and O–H groups in total. The molecule has 0 radical (unpaired) electrons. The summed E-state index contributed by atoms with van der Waals surface area (Å²) in [5.74, 6) is 0.0380. The van der Waals surface area contributed by atoms with Crippen LogP contribution in [0.3, 0.4) is 0 Å². The SMILES string of the molecule is C[C@H]1CCCN(S(=O)(=O)c2cc(C(=O)NCC(C)(C)N3CCCCC3)ccc2Cl)C1. The minimum Gasteiger partial charge on any atom is -0.350 e. The highest BCUT2D eigenvalue weighted by atomic mass is 35.5. The van der Waals surface area contributed by atoms with Gasteiger partial charge in [-0.15, -0.1) is 0 Å². The molecule has 0 unspecified atom stereocenters. The molecule has 168 valence electrons. The Morgan fingerprint density at radius 1 is 1.17 bits per heavy atom.